The number of hydrogen-bond donors (Lipinski definition) is 2. The number of hydrogen-bond acceptors (Lipinski definition) is 7. The van der Waals surface area contributed by atoms with E-state index in [1.54, 1.807) is 19.0 Å². The highest BCUT2D eigenvalue weighted by Crippen LogP contribution is 2.35. The van der Waals surface area contributed by atoms with Crippen molar-refractivity contribution in [1.29, 1.82) is 0 Å². The summed E-state index contributed by atoms with van der Waals surface area (Å²) in [7, 11) is 3.34. The van der Waals surface area contributed by atoms with Crippen LogP contribution in [0.5, 0.6) is 5.75 Å². The summed E-state index contributed by atoms with van der Waals surface area (Å²) in [6.45, 7) is 0. The summed E-state index contributed by atoms with van der Waals surface area (Å²) in [5.74, 6) is -0.367. The van der Waals surface area contributed by atoms with Gasteiger partial charge in [-0.25, -0.2) is 18.7 Å². The number of nitrogens with zero attached hydrogens (tertiary/aromatic N) is 5. The number of anilines is 1. The Morgan fingerprint density at radius 1 is 1.12 bits per heavy atom. The summed E-state index contributed by atoms with van der Waals surface area (Å²) in [5, 5.41) is 13.8. The average Bonchev–Trinajstić information content (AvgIpc) is 3.22. The molecular weight excluding hydrogens is 430 g/mol. The summed E-state index contributed by atoms with van der Waals surface area (Å²) < 4.78 is 31.0. The molecule has 1 aromatic carbocycles. The van der Waals surface area contributed by atoms with Gasteiger partial charge in [-0.2, -0.15) is 0 Å². The van der Waals surface area contributed by atoms with E-state index in [1.165, 1.54) is 35.4 Å². The van der Waals surface area contributed by atoms with Crippen LogP contribution >= 0.6 is 0 Å². The Morgan fingerprint density at radius 3 is 2.67 bits per heavy atom. The second-order valence-corrected chi connectivity index (χ2v) is 8.74. The van der Waals surface area contributed by atoms with Gasteiger partial charge in [-0.3, -0.25) is 9.78 Å². The molecule has 0 spiro atoms. The molecule has 3 aromatic rings. The third kappa shape index (κ3) is 3.84. The molecule has 0 radical (unpaired) electrons. The highest BCUT2D eigenvalue weighted by Gasteiger charge is 2.43. The zero-order valence-electron chi connectivity index (χ0n) is 18.2. The van der Waals surface area contributed by atoms with Gasteiger partial charge >= 0.3 is 0 Å². The number of halogens is 2. The number of aromatic hydroxyl groups is 1. The number of piperidine rings is 1. The number of alkyl halides is 1. The van der Waals surface area contributed by atoms with Gasteiger partial charge in [0.15, 0.2) is 0 Å². The minimum atomic E-state index is -0.996. The van der Waals surface area contributed by atoms with Crippen molar-refractivity contribution in [3.05, 3.63) is 53.1 Å². The topological polar surface area (TPSA) is 96.2 Å². The SMILES string of the molecule is CN(c1cnc(-c2cc(F)c(-c3cc(=O)n(C)cn3)cc2O)cn1)[C@H]1C[C@@H]2CC[C@@H](N2)[C@H]1F. The summed E-state index contributed by atoms with van der Waals surface area (Å²) in [4.78, 5) is 26.4. The first-order valence-electron chi connectivity index (χ1n) is 10.8. The van der Waals surface area contributed by atoms with E-state index >= 15 is 0 Å². The fraction of sp³-hybridized carbons (Fsp3) is 0.391. The number of fused-ring (bicyclic) bond motifs is 2. The fourth-order valence-corrected chi connectivity index (χ4v) is 4.73. The van der Waals surface area contributed by atoms with Gasteiger partial charge in [0.2, 0.25) is 0 Å². The number of aryl methyl sites for hydroxylation is 1. The quantitative estimate of drug-likeness (QED) is 0.625. The van der Waals surface area contributed by atoms with E-state index in [9.17, 15) is 18.7 Å². The zero-order valence-corrected chi connectivity index (χ0v) is 18.2. The number of nitrogens with one attached hydrogen (secondary N) is 1. The maximum atomic E-state index is 14.9. The van der Waals surface area contributed by atoms with Crippen LogP contribution < -0.4 is 15.8 Å². The Bertz CT molecular complexity index is 1250. The molecule has 8 nitrogen and oxygen atoms in total. The maximum Gasteiger partial charge on any atom is 0.253 e. The predicted octanol–water partition coefficient (Wildman–Crippen LogP) is 2.42. The average molecular weight is 454 g/mol. The van der Waals surface area contributed by atoms with Crippen molar-refractivity contribution in [2.24, 2.45) is 7.05 Å². The smallest absolute Gasteiger partial charge is 0.253 e. The minimum Gasteiger partial charge on any atom is -0.507 e. The van der Waals surface area contributed by atoms with Gasteiger partial charge in [0.25, 0.3) is 5.56 Å². The van der Waals surface area contributed by atoms with Crippen LogP contribution in [-0.2, 0) is 7.05 Å². The molecule has 172 valence electrons. The number of phenols is 1. The van der Waals surface area contributed by atoms with Crippen molar-refractivity contribution in [3.8, 4) is 28.3 Å². The predicted molar refractivity (Wildman–Crippen MR) is 119 cm³/mol. The van der Waals surface area contributed by atoms with Crippen molar-refractivity contribution in [1.82, 2.24) is 24.8 Å². The van der Waals surface area contributed by atoms with Crippen molar-refractivity contribution in [3.63, 3.8) is 0 Å². The third-order valence-corrected chi connectivity index (χ3v) is 6.67. The van der Waals surface area contributed by atoms with Crippen LogP contribution in [0.4, 0.5) is 14.6 Å². The van der Waals surface area contributed by atoms with E-state index in [-0.39, 0.29) is 45.9 Å². The first-order valence-corrected chi connectivity index (χ1v) is 10.8. The molecule has 0 aliphatic carbocycles. The summed E-state index contributed by atoms with van der Waals surface area (Å²) in [6.07, 6.45) is 5.74. The summed E-state index contributed by atoms with van der Waals surface area (Å²) in [5.41, 5.74) is 0.218. The lowest BCUT2D eigenvalue weighted by atomic mass is 9.96. The second kappa shape index (κ2) is 8.18. The zero-order chi connectivity index (χ0) is 23.3. The first-order chi connectivity index (χ1) is 15.8. The fourth-order valence-electron chi connectivity index (χ4n) is 4.73. The molecule has 4 atom stereocenters. The van der Waals surface area contributed by atoms with Crippen molar-refractivity contribution < 1.29 is 13.9 Å². The van der Waals surface area contributed by atoms with Crippen LogP contribution in [0.2, 0.25) is 0 Å². The van der Waals surface area contributed by atoms with E-state index < -0.39 is 12.0 Å². The monoisotopic (exact) mass is 454 g/mol. The second-order valence-electron chi connectivity index (χ2n) is 8.74. The molecule has 2 aromatic heterocycles. The van der Waals surface area contributed by atoms with Crippen molar-refractivity contribution in [2.75, 3.05) is 11.9 Å². The molecule has 33 heavy (non-hydrogen) atoms. The number of aromatic nitrogens is 4. The van der Waals surface area contributed by atoms with Crippen LogP contribution in [0, 0.1) is 5.82 Å². The van der Waals surface area contributed by atoms with Crippen molar-refractivity contribution >= 4 is 5.82 Å². The standard InChI is InChI=1S/C23H24F2N6O2/c1-30-11-28-17(8-22(30)33)13-7-20(32)14(6-15(13)24)18-9-27-21(10-26-18)31(2)19-5-12-3-4-16(29-12)23(19)25/h6-12,16,19,23,29,32H,3-5H2,1-2H3/t12-,16+,19-,23+/m0/s1. The molecule has 0 unspecified atom stereocenters. The van der Waals surface area contributed by atoms with Gasteiger partial charge in [-0.1, -0.05) is 0 Å². The Hall–Kier alpha value is -3.40. The third-order valence-electron chi connectivity index (χ3n) is 6.67. The lowest BCUT2D eigenvalue weighted by molar-refractivity contribution is 0.176. The maximum absolute atomic E-state index is 14.9. The van der Waals surface area contributed by atoms with E-state index in [4.69, 9.17) is 0 Å². The molecule has 2 aliphatic heterocycles. The Labute approximate surface area is 189 Å². The van der Waals surface area contributed by atoms with E-state index in [0.29, 0.717) is 18.3 Å². The Kier molecular flexibility index (Phi) is 5.32. The normalized spacial score (nSPS) is 24.1. The highest BCUT2D eigenvalue weighted by molar-refractivity contribution is 5.73. The molecule has 0 amide bonds. The molecule has 5 rings (SSSR count). The Morgan fingerprint density at radius 2 is 1.94 bits per heavy atom. The molecule has 4 heterocycles. The number of benzene rings is 1. The minimum absolute atomic E-state index is 0.00721. The van der Waals surface area contributed by atoms with Crippen LogP contribution in [-0.4, -0.2) is 56.0 Å². The number of phenolic OH excluding ortho intramolecular Hbond substituents is 1. The molecular formula is C23H24F2N6O2. The first kappa shape index (κ1) is 21.4. The molecule has 2 fully saturated rings. The molecule has 0 saturated carbocycles. The van der Waals surface area contributed by atoms with Crippen LogP contribution in [0.25, 0.3) is 22.5 Å². The van der Waals surface area contributed by atoms with E-state index in [0.717, 1.165) is 18.9 Å². The van der Waals surface area contributed by atoms with Crippen molar-refractivity contribution in [2.45, 2.75) is 43.6 Å². The molecule has 2 saturated heterocycles. The van der Waals surface area contributed by atoms with Gasteiger partial charge in [-0.15, -0.1) is 0 Å². The summed E-state index contributed by atoms with van der Waals surface area (Å²) >= 11 is 0. The molecule has 10 heteroatoms. The van der Waals surface area contributed by atoms with E-state index in [1.807, 2.05) is 0 Å². The van der Waals surface area contributed by atoms with Gasteiger partial charge < -0.3 is 19.9 Å². The van der Waals surface area contributed by atoms with Gasteiger partial charge in [0, 0.05) is 43.4 Å². The molecule has 2 N–H and O–H groups in total. The van der Waals surface area contributed by atoms with Gasteiger partial charge in [0.05, 0.1) is 36.2 Å². The van der Waals surface area contributed by atoms with Crippen LogP contribution in [0.15, 0.2) is 41.7 Å². The van der Waals surface area contributed by atoms with Crippen LogP contribution in [0.1, 0.15) is 19.3 Å². The molecule has 2 aliphatic rings. The lowest BCUT2D eigenvalue weighted by Gasteiger charge is -2.38. The lowest BCUT2D eigenvalue weighted by Crippen LogP contribution is -2.55. The summed E-state index contributed by atoms with van der Waals surface area (Å²) in [6, 6.07) is 3.46. The van der Waals surface area contributed by atoms with Crippen LogP contribution in [0.3, 0.4) is 0 Å². The largest absolute Gasteiger partial charge is 0.507 e. The Balaban J connectivity index is 1.40. The molecule has 2 bridgehead atoms. The highest BCUT2D eigenvalue weighted by atomic mass is 19.1. The van der Waals surface area contributed by atoms with E-state index in [2.05, 4.69) is 20.3 Å². The van der Waals surface area contributed by atoms with Gasteiger partial charge in [0.1, 0.15) is 23.6 Å². The van der Waals surface area contributed by atoms with Gasteiger partial charge in [-0.05, 0) is 31.4 Å². The number of rotatable bonds is 4.